The van der Waals surface area contributed by atoms with Crippen LogP contribution in [0.1, 0.15) is 31.4 Å². The number of benzene rings is 1. The van der Waals surface area contributed by atoms with Crippen LogP contribution in [0.2, 0.25) is 0 Å². The van der Waals surface area contributed by atoms with E-state index >= 15 is 0 Å². The number of hydrogen-bond donors (Lipinski definition) is 2. The van der Waals surface area contributed by atoms with E-state index in [0.717, 1.165) is 17.9 Å². The Kier molecular flexibility index (Phi) is 5.62. The summed E-state index contributed by atoms with van der Waals surface area (Å²) in [4.78, 5) is 2.38. The van der Waals surface area contributed by atoms with Crippen molar-refractivity contribution in [3.05, 3.63) is 29.8 Å². The van der Waals surface area contributed by atoms with Crippen LogP contribution in [0.4, 0.5) is 0 Å². The highest BCUT2D eigenvalue weighted by molar-refractivity contribution is 5.28. The maximum absolute atomic E-state index is 10.2. The molecule has 4 nitrogen and oxygen atoms in total. The second-order valence-electron chi connectivity index (χ2n) is 6.53. The fourth-order valence-electron chi connectivity index (χ4n) is 2.79. The highest BCUT2D eigenvalue weighted by Crippen LogP contribution is 2.29. The van der Waals surface area contributed by atoms with Crippen molar-refractivity contribution < 1.29 is 9.84 Å². The minimum Gasteiger partial charge on any atom is -0.497 e. The predicted molar refractivity (Wildman–Crippen MR) is 85.7 cm³/mol. The fraction of sp³-hybridized carbons (Fsp3) is 0.647. The van der Waals surface area contributed by atoms with Crippen LogP contribution in [-0.4, -0.2) is 50.3 Å². The van der Waals surface area contributed by atoms with Gasteiger partial charge in [0.15, 0.2) is 0 Å². The molecule has 0 radical (unpaired) electrons. The van der Waals surface area contributed by atoms with Gasteiger partial charge in [0, 0.05) is 13.1 Å². The minimum absolute atomic E-state index is 0.353. The van der Waals surface area contributed by atoms with Gasteiger partial charge in [0.2, 0.25) is 0 Å². The molecule has 0 amide bonds. The van der Waals surface area contributed by atoms with Gasteiger partial charge in [-0.1, -0.05) is 19.1 Å². The maximum Gasteiger partial charge on any atom is 0.118 e. The van der Waals surface area contributed by atoms with E-state index in [1.54, 1.807) is 7.11 Å². The molecule has 0 aliphatic carbocycles. The third-order valence-electron chi connectivity index (χ3n) is 4.58. The lowest BCUT2D eigenvalue weighted by Crippen LogP contribution is -2.42. The van der Waals surface area contributed by atoms with Crippen molar-refractivity contribution in [1.29, 1.82) is 0 Å². The van der Waals surface area contributed by atoms with Gasteiger partial charge in [-0.25, -0.2) is 0 Å². The Morgan fingerprint density at radius 2 is 1.90 bits per heavy atom. The number of aliphatic hydroxyl groups is 1. The summed E-state index contributed by atoms with van der Waals surface area (Å²) in [6, 6.07) is 7.61. The lowest BCUT2D eigenvalue weighted by molar-refractivity contribution is 0.124. The van der Waals surface area contributed by atoms with Crippen LogP contribution in [-0.2, 0) is 0 Å². The zero-order valence-electron chi connectivity index (χ0n) is 13.4. The third-order valence-corrected chi connectivity index (χ3v) is 4.58. The van der Waals surface area contributed by atoms with E-state index in [1.165, 1.54) is 25.9 Å². The summed E-state index contributed by atoms with van der Waals surface area (Å²) >= 11 is 0. The molecule has 1 atom stereocenters. The molecule has 1 heterocycles. The maximum atomic E-state index is 10.2. The molecule has 1 aromatic carbocycles. The van der Waals surface area contributed by atoms with Gasteiger partial charge in [-0.15, -0.1) is 0 Å². The van der Waals surface area contributed by atoms with E-state index in [4.69, 9.17) is 4.74 Å². The van der Waals surface area contributed by atoms with Crippen molar-refractivity contribution in [3.63, 3.8) is 0 Å². The molecule has 0 saturated carbocycles. The first kappa shape index (κ1) is 16.3. The zero-order chi connectivity index (χ0) is 15.3. The molecule has 1 aromatic rings. The van der Waals surface area contributed by atoms with Crippen molar-refractivity contribution >= 4 is 0 Å². The molecule has 0 spiro atoms. The molecule has 1 unspecified atom stereocenters. The first-order chi connectivity index (χ1) is 10.0. The molecule has 2 rings (SSSR count). The number of rotatable bonds is 6. The average Bonchev–Trinajstić information content (AvgIpc) is 2.50. The summed E-state index contributed by atoms with van der Waals surface area (Å²) in [7, 11) is 3.83. The van der Waals surface area contributed by atoms with E-state index in [2.05, 4.69) is 24.2 Å². The molecule has 4 heteroatoms. The summed E-state index contributed by atoms with van der Waals surface area (Å²) < 4.78 is 5.13. The number of nitrogens with one attached hydrogen (secondary N) is 1. The Bertz CT molecular complexity index is 425. The Labute approximate surface area is 128 Å². The lowest BCUT2D eigenvalue weighted by Gasteiger charge is -2.38. The summed E-state index contributed by atoms with van der Waals surface area (Å²) in [5, 5.41) is 13.7. The number of piperidine rings is 1. The van der Waals surface area contributed by atoms with Gasteiger partial charge >= 0.3 is 0 Å². The summed E-state index contributed by atoms with van der Waals surface area (Å²) in [6.07, 6.45) is 1.97. The molecule has 0 aromatic heterocycles. The van der Waals surface area contributed by atoms with Crippen LogP contribution in [0, 0.1) is 5.41 Å². The first-order valence-corrected chi connectivity index (χ1v) is 7.74. The van der Waals surface area contributed by atoms with Crippen molar-refractivity contribution in [2.45, 2.75) is 25.9 Å². The Morgan fingerprint density at radius 1 is 1.29 bits per heavy atom. The van der Waals surface area contributed by atoms with Gasteiger partial charge in [-0.05, 0) is 56.1 Å². The van der Waals surface area contributed by atoms with Crippen LogP contribution >= 0.6 is 0 Å². The Hall–Kier alpha value is -1.10. The number of nitrogens with zero attached hydrogens (tertiary/aromatic N) is 1. The number of ether oxygens (including phenoxy) is 1. The minimum atomic E-state index is -0.467. The predicted octanol–water partition coefficient (Wildman–Crippen LogP) is 2.05. The van der Waals surface area contributed by atoms with Crippen molar-refractivity contribution in [1.82, 2.24) is 10.2 Å². The Balaban J connectivity index is 1.77. The average molecular weight is 292 g/mol. The molecular weight excluding hydrogens is 264 g/mol. The van der Waals surface area contributed by atoms with E-state index in [-0.39, 0.29) is 0 Å². The molecule has 1 fully saturated rings. The topological polar surface area (TPSA) is 44.7 Å². The molecule has 0 bridgehead atoms. The normalized spacial score (nSPS) is 20.2. The number of aliphatic hydroxyl groups excluding tert-OH is 1. The van der Waals surface area contributed by atoms with Crippen LogP contribution in [0.15, 0.2) is 24.3 Å². The highest BCUT2D eigenvalue weighted by Gasteiger charge is 2.28. The summed E-state index contributed by atoms with van der Waals surface area (Å²) in [6.45, 7) is 6.23. The van der Waals surface area contributed by atoms with Gasteiger partial charge in [-0.3, -0.25) is 0 Å². The van der Waals surface area contributed by atoms with Gasteiger partial charge in [0.25, 0.3) is 0 Å². The smallest absolute Gasteiger partial charge is 0.118 e. The second-order valence-corrected chi connectivity index (χ2v) is 6.53. The van der Waals surface area contributed by atoms with E-state index < -0.39 is 6.10 Å². The molecule has 21 heavy (non-hydrogen) atoms. The van der Waals surface area contributed by atoms with Gasteiger partial charge in [0.05, 0.1) is 13.2 Å². The van der Waals surface area contributed by atoms with Crippen LogP contribution in [0.25, 0.3) is 0 Å². The molecular formula is C17H28N2O2. The van der Waals surface area contributed by atoms with Crippen LogP contribution < -0.4 is 10.1 Å². The fourth-order valence-corrected chi connectivity index (χ4v) is 2.79. The largest absolute Gasteiger partial charge is 0.497 e. The molecule has 1 aliphatic rings. The lowest BCUT2D eigenvalue weighted by atomic mass is 9.80. The summed E-state index contributed by atoms with van der Waals surface area (Å²) in [5.74, 6) is 0.817. The van der Waals surface area contributed by atoms with E-state index in [0.29, 0.717) is 12.0 Å². The molecule has 1 aliphatic heterocycles. The number of methoxy groups -OCH3 is 1. The molecule has 2 N–H and O–H groups in total. The SMILES string of the molecule is COc1ccc(C(O)CNCC2(C)CCN(C)CC2)cc1. The number of hydrogen-bond acceptors (Lipinski definition) is 4. The highest BCUT2D eigenvalue weighted by atomic mass is 16.5. The number of likely N-dealkylation sites (tertiary alicyclic amines) is 1. The quantitative estimate of drug-likeness (QED) is 0.842. The van der Waals surface area contributed by atoms with E-state index in [9.17, 15) is 5.11 Å². The van der Waals surface area contributed by atoms with E-state index in [1.807, 2.05) is 24.3 Å². The monoisotopic (exact) mass is 292 g/mol. The van der Waals surface area contributed by atoms with Crippen molar-refractivity contribution in [2.75, 3.05) is 40.3 Å². The van der Waals surface area contributed by atoms with Crippen LogP contribution in [0.5, 0.6) is 5.75 Å². The van der Waals surface area contributed by atoms with Crippen molar-refractivity contribution in [3.8, 4) is 5.75 Å². The first-order valence-electron chi connectivity index (χ1n) is 7.74. The van der Waals surface area contributed by atoms with Crippen molar-refractivity contribution in [2.24, 2.45) is 5.41 Å². The molecule has 118 valence electrons. The summed E-state index contributed by atoms with van der Waals surface area (Å²) in [5.41, 5.74) is 1.28. The second kappa shape index (κ2) is 7.25. The van der Waals surface area contributed by atoms with Crippen LogP contribution in [0.3, 0.4) is 0 Å². The van der Waals surface area contributed by atoms with Gasteiger partial charge in [-0.2, -0.15) is 0 Å². The Morgan fingerprint density at radius 3 is 2.48 bits per heavy atom. The zero-order valence-corrected chi connectivity index (χ0v) is 13.4. The standard InChI is InChI=1S/C17H28N2O2/c1-17(8-10-19(2)11-9-17)13-18-12-16(20)14-4-6-15(21-3)7-5-14/h4-7,16,18,20H,8-13H2,1-3H3. The van der Waals surface area contributed by atoms with Gasteiger partial charge in [0.1, 0.15) is 5.75 Å². The molecule has 1 saturated heterocycles. The third kappa shape index (κ3) is 4.70. The van der Waals surface area contributed by atoms with Gasteiger partial charge < -0.3 is 20.1 Å².